The van der Waals surface area contributed by atoms with Gasteiger partial charge in [0.15, 0.2) is 0 Å². The molecule has 0 atom stereocenters. The number of aromatic nitrogens is 1. The van der Waals surface area contributed by atoms with Crippen LogP contribution < -0.4 is 10.6 Å². The van der Waals surface area contributed by atoms with E-state index in [1.54, 1.807) is 12.1 Å². The van der Waals surface area contributed by atoms with Gasteiger partial charge < -0.3 is 15.2 Å². The highest BCUT2D eigenvalue weighted by molar-refractivity contribution is 6.31. The van der Waals surface area contributed by atoms with Crippen LogP contribution >= 0.6 is 11.6 Å². The fourth-order valence-corrected chi connectivity index (χ4v) is 4.76. The first kappa shape index (κ1) is 24.3. The van der Waals surface area contributed by atoms with Gasteiger partial charge in [0.25, 0.3) is 5.91 Å². The summed E-state index contributed by atoms with van der Waals surface area (Å²) in [7, 11) is 0. The second-order valence-corrected chi connectivity index (χ2v) is 9.40. The molecule has 186 valence electrons. The molecule has 1 saturated heterocycles. The van der Waals surface area contributed by atoms with Crippen molar-refractivity contribution in [3.8, 4) is 0 Å². The van der Waals surface area contributed by atoms with E-state index in [9.17, 15) is 14.4 Å². The zero-order valence-electron chi connectivity index (χ0n) is 20.4. The second kappa shape index (κ2) is 9.95. The molecule has 0 radical (unpaired) electrons. The fourth-order valence-electron chi connectivity index (χ4n) is 4.57. The maximum absolute atomic E-state index is 13.1. The number of aryl methyl sites for hydroxylation is 1. The molecule has 0 unspecified atom stereocenters. The minimum atomic E-state index is -0.631. The number of nitrogens with zero attached hydrogens (tertiary/aromatic N) is 2. The Morgan fingerprint density at radius 1 is 1.00 bits per heavy atom. The SMILES string of the molecule is Cc1cccc(NC(=O)CN2C(=O)N/C(=C/c3c(C)n(Cc4ccccc4Cl)c4ccccc34)C2=O)c1. The van der Waals surface area contributed by atoms with Crippen LogP contribution in [0.3, 0.4) is 0 Å². The number of para-hydroxylation sites is 1. The molecular formula is C29H25ClN4O3. The Labute approximate surface area is 219 Å². The lowest BCUT2D eigenvalue weighted by Gasteiger charge is -2.12. The Morgan fingerprint density at radius 3 is 2.54 bits per heavy atom. The molecule has 1 aliphatic rings. The number of hydrogen-bond donors (Lipinski definition) is 2. The van der Waals surface area contributed by atoms with E-state index in [0.717, 1.165) is 38.2 Å². The van der Waals surface area contributed by atoms with Crippen molar-refractivity contribution in [3.63, 3.8) is 0 Å². The topological polar surface area (TPSA) is 83.4 Å². The molecule has 0 bridgehead atoms. The standard InChI is InChI=1S/C29H25ClN4O3/c1-18-8-7-10-21(14-18)31-27(35)17-34-28(36)25(32-29(34)37)15-23-19(2)33(26-13-6-4-11-22(23)26)16-20-9-3-5-12-24(20)30/h3-15H,16-17H2,1-2H3,(H,31,35)(H,32,37)/b25-15+. The van der Waals surface area contributed by atoms with Gasteiger partial charge in [-0.15, -0.1) is 0 Å². The quantitative estimate of drug-likeness (QED) is 0.264. The number of carbonyl (C=O) groups is 3. The van der Waals surface area contributed by atoms with Gasteiger partial charge in [0, 0.05) is 39.4 Å². The summed E-state index contributed by atoms with van der Waals surface area (Å²) >= 11 is 6.42. The summed E-state index contributed by atoms with van der Waals surface area (Å²) in [6.07, 6.45) is 1.68. The van der Waals surface area contributed by atoms with Gasteiger partial charge in [0.05, 0.1) is 0 Å². The minimum absolute atomic E-state index is 0.122. The van der Waals surface area contributed by atoms with Crippen molar-refractivity contribution < 1.29 is 14.4 Å². The summed E-state index contributed by atoms with van der Waals surface area (Å²) in [6.45, 7) is 4.05. The second-order valence-electron chi connectivity index (χ2n) is 8.99. The van der Waals surface area contributed by atoms with Crippen LogP contribution in [0.15, 0.2) is 78.5 Å². The molecule has 2 N–H and O–H groups in total. The zero-order valence-corrected chi connectivity index (χ0v) is 21.2. The molecular weight excluding hydrogens is 488 g/mol. The third-order valence-electron chi connectivity index (χ3n) is 6.42. The van der Waals surface area contributed by atoms with Crippen LogP contribution in [0.5, 0.6) is 0 Å². The van der Waals surface area contributed by atoms with E-state index in [1.165, 1.54) is 0 Å². The summed E-state index contributed by atoms with van der Waals surface area (Å²) in [4.78, 5) is 39.2. The Kier molecular flexibility index (Phi) is 6.54. The molecule has 1 aromatic heterocycles. The number of carbonyl (C=O) groups excluding carboxylic acids is 3. The number of nitrogens with one attached hydrogen (secondary N) is 2. The number of hydrogen-bond acceptors (Lipinski definition) is 3. The normalized spacial score (nSPS) is 14.5. The van der Waals surface area contributed by atoms with Gasteiger partial charge >= 0.3 is 6.03 Å². The molecule has 37 heavy (non-hydrogen) atoms. The van der Waals surface area contributed by atoms with Gasteiger partial charge in [-0.25, -0.2) is 9.69 Å². The molecule has 5 rings (SSSR count). The lowest BCUT2D eigenvalue weighted by Crippen LogP contribution is -2.38. The van der Waals surface area contributed by atoms with Crippen molar-refractivity contribution in [1.29, 1.82) is 0 Å². The zero-order chi connectivity index (χ0) is 26.1. The predicted octanol–water partition coefficient (Wildman–Crippen LogP) is 5.49. The first-order chi connectivity index (χ1) is 17.8. The molecule has 4 aromatic rings. The van der Waals surface area contributed by atoms with E-state index >= 15 is 0 Å². The highest BCUT2D eigenvalue weighted by atomic mass is 35.5. The molecule has 0 saturated carbocycles. The van der Waals surface area contributed by atoms with Crippen LogP contribution in [0.25, 0.3) is 17.0 Å². The van der Waals surface area contributed by atoms with E-state index in [4.69, 9.17) is 11.6 Å². The van der Waals surface area contributed by atoms with Crippen molar-refractivity contribution in [2.75, 3.05) is 11.9 Å². The maximum atomic E-state index is 13.1. The van der Waals surface area contributed by atoms with Crippen molar-refractivity contribution in [3.05, 3.63) is 106 Å². The monoisotopic (exact) mass is 512 g/mol. The smallest absolute Gasteiger partial charge is 0.329 e. The molecule has 8 heteroatoms. The van der Waals surface area contributed by atoms with Crippen LogP contribution in [0.4, 0.5) is 10.5 Å². The number of anilines is 1. The third kappa shape index (κ3) is 4.86. The van der Waals surface area contributed by atoms with Gasteiger partial charge in [-0.05, 0) is 55.3 Å². The number of halogens is 1. The first-order valence-electron chi connectivity index (χ1n) is 11.8. The number of urea groups is 1. The van der Waals surface area contributed by atoms with E-state index < -0.39 is 17.8 Å². The van der Waals surface area contributed by atoms with Crippen LogP contribution in [0.1, 0.15) is 22.4 Å². The van der Waals surface area contributed by atoms with E-state index in [-0.39, 0.29) is 12.2 Å². The number of fused-ring (bicyclic) bond motifs is 1. The highest BCUT2D eigenvalue weighted by Crippen LogP contribution is 2.30. The summed E-state index contributed by atoms with van der Waals surface area (Å²) in [5.74, 6) is -1.00. The van der Waals surface area contributed by atoms with Gasteiger partial charge in [-0.2, -0.15) is 0 Å². The van der Waals surface area contributed by atoms with Gasteiger partial charge in [0.2, 0.25) is 5.91 Å². The predicted molar refractivity (Wildman–Crippen MR) is 145 cm³/mol. The van der Waals surface area contributed by atoms with E-state index in [2.05, 4.69) is 15.2 Å². The third-order valence-corrected chi connectivity index (χ3v) is 6.79. The van der Waals surface area contributed by atoms with Crippen LogP contribution in [-0.2, 0) is 16.1 Å². The van der Waals surface area contributed by atoms with Gasteiger partial charge in [-0.1, -0.05) is 60.1 Å². The molecule has 0 aliphatic carbocycles. The lowest BCUT2D eigenvalue weighted by atomic mass is 10.1. The summed E-state index contributed by atoms with van der Waals surface area (Å²) in [5.41, 5.74) is 5.42. The number of benzene rings is 3. The molecule has 7 nitrogen and oxygen atoms in total. The summed E-state index contributed by atoms with van der Waals surface area (Å²) in [5, 5.41) is 6.98. The van der Waals surface area contributed by atoms with Crippen LogP contribution in [0.2, 0.25) is 5.02 Å². The Balaban J connectivity index is 1.42. The molecule has 3 aromatic carbocycles. The molecule has 1 aliphatic heterocycles. The van der Waals surface area contributed by atoms with E-state index in [0.29, 0.717) is 17.3 Å². The van der Waals surface area contributed by atoms with Gasteiger partial charge in [0.1, 0.15) is 12.2 Å². The fraction of sp³-hybridized carbons (Fsp3) is 0.138. The van der Waals surface area contributed by atoms with Crippen LogP contribution in [0, 0.1) is 13.8 Å². The first-order valence-corrected chi connectivity index (χ1v) is 12.2. The van der Waals surface area contributed by atoms with E-state index in [1.807, 2.05) is 80.6 Å². The molecule has 0 spiro atoms. The molecule has 1 fully saturated rings. The average Bonchev–Trinajstić information content (AvgIpc) is 3.28. The van der Waals surface area contributed by atoms with Crippen molar-refractivity contribution in [1.82, 2.24) is 14.8 Å². The lowest BCUT2D eigenvalue weighted by molar-refractivity contribution is -0.127. The Bertz CT molecular complexity index is 1590. The number of imide groups is 1. The minimum Gasteiger partial charge on any atom is -0.340 e. The van der Waals surface area contributed by atoms with Gasteiger partial charge in [-0.3, -0.25) is 9.59 Å². The van der Waals surface area contributed by atoms with Crippen molar-refractivity contribution in [2.24, 2.45) is 0 Å². The van der Waals surface area contributed by atoms with Crippen molar-refractivity contribution >= 4 is 52.1 Å². The van der Waals surface area contributed by atoms with Crippen molar-refractivity contribution in [2.45, 2.75) is 20.4 Å². The number of rotatable bonds is 6. The summed E-state index contributed by atoms with van der Waals surface area (Å²) < 4.78 is 2.14. The Morgan fingerprint density at radius 2 is 1.76 bits per heavy atom. The van der Waals surface area contributed by atoms with Crippen LogP contribution in [-0.4, -0.2) is 33.9 Å². The molecule has 2 heterocycles. The summed E-state index contributed by atoms with van der Waals surface area (Å²) in [6, 6.07) is 22.2. The number of amides is 4. The average molecular weight is 513 g/mol. The maximum Gasteiger partial charge on any atom is 0.329 e. The Hall–Kier alpha value is -4.36. The highest BCUT2D eigenvalue weighted by Gasteiger charge is 2.35. The largest absolute Gasteiger partial charge is 0.340 e. The molecule has 4 amide bonds.